The summed E-state index contributed by atoms with van der Waals surface area (Å²) < 4.78 is 15.5. The standard InChI is InChI=1S/C40H43N3O5S2/c1-27(45)41-20-6-2-3-15-38(46)42-24-29-9-7-10-31(21-29)32-11-8-12-33(22-32)39-47-34(23-36(48-39)30-18-16-28(25-44)17-19-30)26-49-40-43-35-13-4-5-14-37(35)50-40/h4-5,7-14,16-19,21-22,34,36,39,44H,2-3,6,15,20,23-26H2,1H3,(H,41,45)(H,42,46)/t34-,36+,39+/m0/s1. The molecule has 1 fully saturated rings. The summed E-state index contributed by atoms with van der Waals surface area (Å²) in [6.07, 6.45) is 2.93. The molecule has 3 N–H and O–H groups in total. The topological polar surface area (TPSA) is 110 Å². The van der Waals surface area contributed by atoms with E-state index in [-0.39, 0.29) is 30.6 Å². The SMILES string of the molecule is CC(=O)NCCCCCC(=O)NCc1cccc(-c2cccc([C@@H]3O[C@H](CSc4nc5ccccc5s4)C[C@H](c4ccc(CO)cc4)O3)c2)c1. The molecule has 2 heterocycles. The molecule has 2 amide bonds. The minimum atomic E-state index is -0.562. The molecule has 1 aliphatic rings. The van der Waals surface area contributed by atoms with E-state index < -0.39 is 6.29 Å². The van der Waals surface area contributed by atoms with Crippen molar-refractivity contribution in [2.75, 3.05) is 12.3 Å². The molecule has 5 aromatic rings. The molecule has 1 aromatic heterocycles. The van der Waals surface area contributed by atoms with Gasteiger partial charge in [0.2, 0.25) is 11.8 Å². The molecule has 0 saturated carbocycles. The molecule has 1 saturated heterocycles. The second kappa shape index (κ2) is 17.7. The lowest BCUT2D eigenvalue weighted by molar-refractivity contribution is -0.245. The summed E-state index contributed by atoms with van der Waals surface area (Å²) in [4.78, 5) is 28.3. The molecule has 0 radical (unpaired) electrons. The molecular formula is C40H43N3O5S2. The highest BCUT2D eigenvalue weighted by atomic mass is 32.2. The lowest BCUT2D eigenvalue weighted by Gasteiger charge is -2.36. The Labute approximate surface area is 301 Å². The Bertz CT molecular complexity index is 1850. The third-order valence-corrected chi connectivity index (χ3v) is 11.0. The number of carbonyl (C=O) groups excluding carboxylic acids is 2. The number of nitrogens with one attached hydrogen (secondary N) is 2. The third kappa shape index (κ3) is 10.0. The van der Waals surface area contributed by atoms with Crippen LogP contribution >= 0.6 is 23.1 Å². The highest BCUT2D eigenvalue weighted by Crippen LogP contribution is 2.41. The summed E-state index contributed by atoms with van der Waals surface area (Å²) in [6.45, 7) is 2.62. The predicted molar refractivity (Wildman–Crippen MR) is 200 cm³/mol. The molecule has 3 atom stereocenters. The zero-order valence-corrected chi connectivity index (χ0v) is 29.8. The maximum Gasteiger partial charge on any atom is 0.220 e. The first-order valence-electron chi connectivity index (χ1n) is 17.1. The summed E-state index contributed by atoms with van der Waals surface area (Å²) in [6, 6.07) is 32.7. The normalized spacial score (nSPS) is 17.4. The Morgan fingerprint density at radius 3 is 2.46 bits per heavy atom. The number of thiazole rings is 1. The van der Waals surface area contributed by atoms with Crippen LogP contribution in [-0.2, 0) is 32.2 Å². The maximum absolute atomic E-state index is 12.5. The van der Waals surface area contributed by atoms with Gasteiger partial charge in [-0.15, -0.1) is 11.3 Å². The number of aromatic nitrogens is 1. The van der Waals surface area contributed by atoms with Gasteiger partial charge in [-0.05, 0) is 64.9 Å². The lowest BCUT2D eigenvalue weighted by Crippen LogP contribution is -2.31. The monoisotopic (exact) mass is 709 g/mol. The van der Waals surface area contributed by atoms with Gasteiger partial charge in [0.15, 0.2) is 10.6 Å². The van der Waals surface area contributed by atoms with Gasteiger partial charge in [0.1, 0.15) is 0 Å². The third-order valence-electron chi connectivity index (χ3n) is 8.65. The Morgan fingerprint density at radius 2 is 1.66 bits per heavy atom. The van der Waals surface area contributed by atoms with E-state index in [1.807, 2.05) is 66.7 Å². The fraction of sp³-hybridized carbons (Fsp3) is 0.325. The number of benzene rings is 4. The quantitative estimate of drug-likeness (QED) is 0.0745. The first-order valence-corrected chi connectivity index (χ1v) is 18.9. The van der Waals surface area contributed by atoms with E-state index in [0.717, 1.165) is 68.3 Å². The Hall–Kier alpha value is -4.06. The highest BCUT2D eigenvalue weighted by Gasteiger charge is 2.32. The van der Waals surface area contributed by atoms with Gasteiger partial charge < -0.3 is 25.2 Å². The average Bonchev–Trinajstić information content (AvgIpc) is 3.58. The number of fused-ring (bicyclic) bond motifs is 1. The van der Waals surface area contributed by atoms with Crippen molar-refractivity contribution in [2.24, 2.45) is 0 Å². The largest absolute Gasteiger partial charge is 0.392 e. The number of nitrogens with zero attached hydrogens (tertiary/aromatic N) is 1. The van der Waals surface area contributed by atoms with Crippen LogP contribution in [0.1, 0.15) is 73.7 Å². The molecule has 8 nitrogen and oxygen atoms in total. The van der Waals surface area contributed by atoms with Crippen LogP contribution in [0.2, 0.25) is 0 Å². The molecule has 0 bridgehead atoms. The van der Waals surface area contributed by atoms with E-state index in [0.29, 0.717) is 25.9 Å². The number of para-hydroxylation sites is 1. The second-order valence-electron chi connectivity index (χ2n) is 12.5. The number of amides is 2. The lowest BCUT2D eigenvalue weighted by atomic mass is 9.99. The van der Waals surface area contributed by atoms with Crippen LogP contribution in [0.4, 0.5) is 0 Å². The van der Waals surface area contributed by atoms with Crippen molar-refractivity contribution in [3.63, 3.8) is 0 Å². The van der Waals surface area contributed by atoms with Gasteiger partial charge in [-0.3, -0.25) is 9.59 Å². The van der Waals surface area contributed by atoms with Gasteiger partial charge in [-0.25, -0.2) is 4.98 Å². The van der Waals surface area contributed by atoms with Gasteiger partial charge in [-0.2, -0.15) is 0 Å². The second-order valence-corrected chi connectivity index (χ2v) is 14.8. The minimum Gasteiger partial charge on any atom is -0.392 e. The number of hydrogen-bond donors (Lipinski definition) is 3. The molecule has 0 spiro atoms. The first-order chi connectivity index (χ1) is 24.4. The van der Waals surface area contributed by atoms with Crippen molar-refractivity contribution < 1.29 is 24.2 Å². The summed E-state index contributed by atoms with van der Waals surface area (Å²) in [5, 5.41) is 15.4. The Kier molecular flexibility index (Phi) is 12.7. The fourth-order valence-corrected chi connectivity index (χ4v) is 8.08. The van der Waals surface area contributed by atoms with Gasteiger partial charge in [0.05, 0.1) is 29.0 Å². The molecule has 260 valence electrons. The van der Waals surface area contributed by atoms with Crippen molar-refractivity contribution >= 4 is 45.1 Å². The number of aliphatic hydroxyl groups excluding tert-OH is 1. The van der Waals surface area contributed by atoms with Gasteiger partial charge in [-0.1, -0.05) is 91.0 Å². The Balaban J connectivity index is 1.11. The highest BCUT2D eigenvalue weighted by molar-refractivity contribution is 8.01. The van der Waals surface area contributed by atoms with Crippen molar-refractivity contribution in [3.05, 3.63) is 119 Å². The summed E-state index contributed by atoms with van der Waals surface area (Å²) in [5.74, 6) is 0.748. The summed E-state index contributed by atoms with van der Waals surface area (Å²) >= 11 is 3.42. The predicted octanol–water partition coefficient (Wildman–Crippen LogP) is 8.11. The van der Waals surface area contributed by atoms with Crippen LogP contribution in [0.5, 0.6) is 0 Å². The van der Waals surface area contributed by atoms with Crippen molar-refractivity contribution in [1.29, 1.82) is 0 Å². The van der Waals surface area contributed by atoms with Gasteiger partial charge in [0, 0.05) is 44.2 Å². The molecule has 4 aromatic carbocycles. The van der Waals surface area contributed by atoms with Crippen LogP contribution in [0, 0.1) is 0 Å². The van der Waals surface area contributed by atoms with E-state index >= 15 is 0 Å². The molecule has 1 aliphatic heterocycles. The van der Waals surface area contributed by atoms with Crippen molar-refractivity contribution in [1.82, 2.24) is 15.6 Å². The van der Waals surface area contributed by atoms with Crippen molar-refractivity contribution in [2.45, 2.75) is 75.0 Å². The number of aliphatic hydroxyl groups is 1. The number of unbranched alkanes of at least 4 members (excludes halogenated alkanes) is 2. The zero-order chi connectivity index (χ0) is 34.7. The molecule has 10 heteroatoms. The molecule has 50 heavy (non-hydrogen) atoms. The zero-order valence-electron chi connectivity index (χ0n) is 28.2. The van der Waals surface area contributed by atoms with Gasteiger partial charge in [0.25, 0.3) is 0 Å². The van der Waals surface area contributed by atoms with Crippen LogP contribution < -0.4 is 10.6 Å². The van der Waals surface area contributed by atoms with E-state index in [1.165, 1.54) is 11.6 Å². The molecule has 0 aliphatic carbocycles. The molecule has 6 rings (SSSR count). The number of thioether (sulfide) groups is 1. The van der Waals surface area contributed by atoms with E-state index in [9.17, 15) is 14.7 Å². The van der Waals surface area contributed by atoms with Gasteiger partial charge >= 0.3 is 0 Å². The summed E-state index contributed by atoms with van der Waals surface area (Å²) in [7, 11) is 0. The fourth-order valence-electron chi connectivity index (χ4n) is 5.97. The number of ether oxygens (including phenoxy) is 2. The number of rotatable bonds is 15. The van der Waals surface area contributed by atoms with E-state index in [4.69, 9.17) is 14.5 Å². The minimum absolute atomic E-state index is 0.00145. The molecule has 0 unspecified atom stereocenters. The van der Waals surface area contributed by atoms with Crippen LogP contribution in [0.15, 0.2) is 101 Å². The Morgan fingerprint density at radius 1 is 0.860 bits per heavy atom. The maximum atomic E-state index is 12.5. The smallest absolute Gasteiger partial charge is 0.220 e. The van der Waals surface area contributed by atoms with E-state index in [1.54, 1.807) is 23.1 Å². The average molecular weight is 710 g/mol. The van der Waals surface area contributed by atoms with Crippen LogP contribution in [0.3, 0.4) is 0 Å². The number of carbonyl (C=O) groups is 2. The first kappa shape index (κ1) is 35.8. The van der Waals surface area contributed by atoms with Crippen LogP contribution in [-0.4, -0.2) is 40.3 Å². The summed E-state index contributed by atoms with van der Waals surface area (Å²) in [5.41, 5.74) is 6.99. The van der Waals surface area contributed by atoms with E-state index in [2.05, 4.69) is 41.0 Å². The van der Waals surface area contributed by atoms with Crippen molar-refractivity contribution in [3.8, 4) is 11.1 Å². The molecular weight excluding hydrogens is 667 g/mol. The number of hydrogen-bond acceptors (Lipinski definition) is 8. The van der Waals surface area contributed by atoms with Crippen LogP contribution in [0.25, 0.3) is 21.3 Å².